The molecular weight excluding hydrogens is 390 g/mol. The van der Waals surface area contributed by atoms with E-state index < -0.39 is 9.84 Å². The number of carbonyl (C=O) groups is 2. The molecule has 1 saturated heterocycles. The Bertz CT molecular complexity index is 783. The predicted molar refractivity (Wildman–Crippen MR) is 107 cm³/mol. The number of hydrogen-bond donors (Lipinski definition) is 2. The third kappa shape index (κ3) is 6.19. The number of nitrogens with zero attached hydrogens (tertiary/aromatic N) is 1. The Labute approximate surface area is 167 Å². The predicted octanol–water partition coefficient (Wildman–Crippen LogP) is 1.28. The molecule has 2 rings (SSSR count). The summed E-state index contributed by atoms with van der Waals surface area (Å²) < 4.78 is 23.9. The number of hydrogen-bond acceptors (Lipinski definition) is 5. The van der Waals surface area contributed by atoms with Crippen molar-refractivity contribution in [2.45, 2.75) is 43.5 Å². The lowest BCUT2D eigenvalue weighted by Gasteiger charge is -2.36. The molecule has 0 radical (unpaired) electrons. The minimum atomic E-state index is -3.40. The summed E-state index contributed by atoms with van der Waals surface area (Å²) in [5.41, 5.74) is 6.35. The number of halogens is 1. The summed E-state index contributed by atoms with van der Waals surface area (Å²) in [5.74, 6) is -0.326. The molecule has 1 aliphatic rings. The van der Waals surface area contributed by atoms with Gasteiger partial charge in [0.05, 0.1) is 4.90 Å². The van der Waals surface area contributed by atoms with E-state index in [2.05, 4.69) is 5.32 Å². The lowest BCUT2D eigenvalue weighted by Crippen LogP contribution is -2.49. The van der Waals surface area contributed by atoms with Crippen molar-refractivity contribution in [2.75, 3.05) is 25.9 Å². The molecule has 152 valence electrons. The highest BCUT2D eigenvalue weighted by atomic mass is 35.5. The summed E-state index contributed by atoms with van der Waals surface area (Å²) in [5, 5.41) is 2.83. The first-order chi connectivity index (χ1) is 12.2. The molecule has 0 aromatic heterocycles. The van der Waals surface area contributed by atoms with Gasteiger partial charge in [0.1, 0.15) is 0 Å². The second-order valence-corrected chi connectivity index (χ2v) is 8.73. The van der Waals surface area contributed by atoms with Gasteiger partial charge in [0.2, 0.25) is 5.91 Å². The number of nitrogens with two attached hydrogens (primary N) is 1. The second kappa shape index (κ2) is 10.1. The van der Waals surface area contributed by atoms with Crippen LogP contribution in [-0.2, 0) is 14.6 Å². The molecule has 0 aliphatic carbocycles. The Hall–Kier alpha value is -1.64. The first-order valence-corrected chi connectivity index (χ1v) is 10.7. The number of nitrogens with one attached hydrogen (secondary N) is 1. The molecule has 1 atom stereocenters. The standard InChI is InChI=1S/C18H27N3O4S.ClH/c1-13-6-7-14(11-16(13)26(2,24)25)18(23)21-10-4-3-5-15(21)12-20-17(22)8-9-19;/h6-7,11,15H,3-5,8-10,12,19H2,1-2H3,(H,20,22);1H. The Kier molecular flexibility index (Phi) is 8.71. The molecule has 27 heavy (non-hydrogen) atoms. The first kappa shape index (κ1) is 23.4. The Morgan fingerprint density at radius 1 is 1.30 bits per heavy atom. The van der Waals surface area contributed by atoms with Crippen LogP contribution in [0, 0.1) is 6.92 Å². The van der Waals surface area contributed by atoms with E-state index in [4.69, 9.17) is 5.73 Å². The minimum absolute atomic E-state index is 0. The zero-order valence-corrected chi connectivity index (χ0v) is 17.4. The molecule has 2 amide bonds. The van der Waals surface area contributed by atoms with Crippen LogP contribution in [-0.4, -0.2) is 57.1 Å². The molecule has 0 saturated carbocycles. The van der Waals surface area contributed by atoms with Crippen molar-refractivity contribution in [3.8, 4) is 0 Å². The summed E-state index contributed by atoms with van der Waals surface area (Å²) in [6.07, 6.45) is 4.09. The number of carbonyl (C=O) groups excluding carboxylic acids is 2. The number of amides is 2. The van der Waals surface area contributed by atoms with Crippen molar-refractivity contribution in [1.29, 1.82) is 0 Å². The first-order valence-electron chi connectivity index (χ1n) is 8.82. The number of likely N-dealkylation sites (tertiary alicyclic amines) is 1. The second-order valence-electron chi connectivity index (χ2n) is 6.74. The molecule has 3 N–H and O–H groups in total. The molecule has 0 spiro atoms. The van der Waals surface area contributed by atoms with Gasteiger partial charge in [-0.3, -0.25) is 9.59 Å². The molecule has 1 fully saturated rings. The average Bonchev–Trinajstić information content (AvgIpc) is 2.59. The van der Waals surface area contributed by atoms with E-state index in [0.29, 0.717) is 24.2 Å². The van der Waals surface area contributed by atoms with Crippen LogP contribution in [0.2, 0.25) is 0 Å². The summed E-state index contributed by atoms with van der Waals surface area (Å²) >= 11 is 0. The fourth-order valence-corrected chi connectivity index (χ4v) is 4.22. The van der Waals surface area contributed by atoms with Gasteiger partial charge in [0.25, 0.3) is 5.91 Å². The van der Waals surface area contributed by atoms with Gasteiger partial charge in [-0.1, -0.05) is 6.07 Å². The number of aryl methyl sites for hydroxylation is 1. The van der Waals surface area contributed by atoms with E-state index >= 15 is 0 Å². The average molecular weight is 418 g/mol. The van der Waals surface area contributed by atoms with E-state index in [1.807, 2.05) is 0 Å². The maximum Gasteiger partial charge on any atom is 0.254 e. The quantitative estimate of drug-likeness (QED) is 0.724. The fourth-order valence-electron chi connectivity index (χ4n) is 3.23. The third-order valence-corrected chi connectivity index (χ3v) is 5.87. The van der Waals surface area contributed by atoms with Gasteiger partial charge in [-0.05, 0) is 43.9 Å². The molecule has 1 aromatic rings. The normalized spacial score (nSPS) is 17.1. The Morgan fingerprint density at radius 2 is 2.00 bits per heavy atom. The van der Waals surface area contributed by atoms with Crippen molar-refractivity contribution in [1.82, 2.24) is 10.2 Å². The van der Waals surface area contributed by atoms with Gasteiger partial charge < -0.3 is 16.0 Å². The number of benzene rings is 1. The van der Waals surface area contributed by atoms with Crippen molar-refractivity contribution in [3.05, 3.63) is 29.3 Å². The van der Waals surface area contributed by atoms with E-state index in [9.17, 15) is 18.0 Å². The fraction of sp³-hybridized carbons (Fsp3) is 0.556. The third-order valence-electron chi connectivity index (χ3n) is 4.63. The van der Waals surface area contributed by atoms with Crippen LogP contribution >= 0.6 is 12.4 Å². The summed E-state index contributed by atoms with van der Waals surface area (Å²) in [6.45, 7) is 2.98. The maximum atomic E-state index is 13.0. The number of sulfone groups is 1. The van der Waals surface area contributed by atoms with Crippen LogP contribution in [0.3, 0.4) is 0 Å². The lowest BCUT2D eigenvalue weighted by molar-refractivity contribution is -0.121. The van der Waals surface area contributed by atoms with Crippen molar-refractivity contribution >= 4 is 34.1 Å². The van der Waals surface area contributed by atoms with Gasteiger partial charge in [-0.15, -0.1) is 12.4 Å². The van der Waals surface area contributed by atoms with Gasteiger partial charge in [-0.2, -0.15) is 0 Å². The molecule has 9 heteroatoms. The smallest absolute Gasteiger partial charge is 0.254 e. The highest BCUT2D eigenvalue weighted by Gasteiger charge is 2.28. The van der Waals surface area contributed by atoms with Crippen LogP contribution in [0.25, 0.3) is 0 Å². The van der Waals surface area contributed by atoms with Gasteiger partial charge in [0.15, 0.2) is 9.84 Å². The van der Waals surface area contributed by atoms with E-state index in [0.717, 1.165) is 25.5 Å². The molecule has 1 aliphatic heterocycles. The SMILES string of the molecule is Cc1ccc(C(=O)N2CCCCC2CNC(=O)CCN)cc1S(C)(=O)=O.Cl. The van der Waals surface area contributed by atoms with Crippen molar-refractivity contribution < 1.29 is 18.0 Å². The lowest BCUT2D eigenvalue weighted by atomic mass is 10.00. The molecule has 1 aromatic carbocycles. The van der Waals surface area contributed by atoms with Crippen LogP contribution in [0.15, 0.2) is 23.1 Å². The van der Waals surface area contributed by atoms with Crippen LogP contribution in [0.4, 0.5) is 0 Å². The zero-order valence-electron chi connectivity index (χ0n) is 15.7. The Morgan fingerprint density at radius 3 is 2.63 bits per heavy atom. The van der Waals surface area contributed by atoms with Crippen molar-refractivity contribution in [2.24, 2.45) is 5.73 Å². The molecule has 1 heterocycles. The summed E-state index contributed by atoms with van der Waals surface area (Å²) in [6, 6.07) is 4.67. The van der Waals surface area contributed by atoms with Crippen LogP contribution < -0.4 is 11.1 Å². The summed E-state index contributed by atoms with van der Waals surface area (Å²) in [4.78, 5) is 26.5. The topological polar surface area (TPSA) is 110 Å². The zero-order chi connectivity index (χ0) is 19.3. The van der Waals surface area contributed by atoms with Gasteiger partial charge in [-0.25, -0.2) is 8.42 Å². The molecule has 0 bridgehead atoms. The largest absolute Gasteiger partial charge is 0.354 e. The highest BCUT2D eigenvalue weighted by Crippen LogP contribution is 2.22. The number of rotatable bonds is 6. The molecular formula is C18H28ClN3O4S. The van der Waals surface area contributed by atoms with E-state index in [1.54, 1.807) is 24.0 Å². The highest BCUT2D eigenvalue weighted by molar-refractivity contribution is 7.90. The Balaban J connectivity index is 0.00000364. The maximum absolute atomic E-state index is 13.0. The van der Waals surface area contributed by atoms with Crippen molar-refractivity contribution in [3.63, 3.8) is 0 Å². The van der Waals surface area contributed by atoms with Crippen LogP contribution in [0.5, 0.6) is 0 Å². The number of piperidine rings is 1. The molecule has 1 unspecified atom stereocenters. The van der Waals surface area contributed by atoms with E-state index in [1.165, 1.54) is 6.07 Å². The van der Waals surface area contributed by atoms with Crippen LogP contribution in [0.1, 0.15) is 41.6 Å². The monoisotopic (exact) mass is 417 g/mol. The molecule has 7 nitrogen and oxygen atoms in total. The minimum Gasteiger partial charge on any atom is -0.354 e. The van der Waals surface area contributed by atoms with Gasteiger partial charge >= 0.3 is 0 Å². The summed E-state index contributed by atoms with van der Waals surface area (Å²) in [7, 11) is -3.40. The van der Waals surface area contributed by atoms with E-state index in [-0.39, 0.29) is 48.1 Å². The van der Waals surface area contributed by atoms with Gasteiger partial charge in [0, 0.05) is 43.9 Å².